The summed E-state index contributed by atoms with van der Waals surface area (Å²) in [5.74, 6) is 1.04. The fraction of sp³-hybridized carbons (Fsp3) is 0.800. The molecule has 0 saturated heterocycles. The summed E-state index contributed by atoms with van der Waals surface area (Å²) in [7, 11) is 0. The number of aromatic nitrogens is 3. The molecule has 1 fully saturated rings. The molecule has 1 aliphatic carbocycles. The monoisotopic (exact) mass is 213 g/mol. The standard InChI is InChI=1S/C10H16ClN3/c1-3-5-8-12-13-9(11)14(8)10(2)6-4-7-10/h3-7H2,1-2H3. The molecule has 1 aromatic rings. The molecule has 0 aromatic carbocycles. The van der Waals surface area contributed by atoms with E-state index >= 15 is 0 Å². The van der Waals surface area contributed by atoms with E-state index in [-0.39, 0.29) is 5.54 Å². The second-order valence-corrected chi connectivity index (χ2v) is 4.66. The van der Waals surface area contributed by atoms with Crippen LogP contribution in [0.25, 0.3) is 0 Å². The number of halogens is 1. The molecule has 0 aliphatic heterocycles. The normalized spacial score (nSPS) is 19.4. The minimum atomic E-state index is 0.186. The lowest BCUT2D eigenvalue weighted by Gasteiger charge is -2.40. The van der Waals surface area contributed by atoms with E-state index < -0.39 is 0 Å². The lowest BCUT2D eigenvalue weighted by molar-refractivity contribution is 0.163. The van der Waals surface area contributed by atoms with Crippen molar-refractivity contribution < 1.29 is 0 Å². The number of hydrogen-bond acceptors (Lipinski definition) is 2. The van der Waals surface area contributed by atoms with Crippen LogP contribution in [-0.2, 0) is 12.0 Å². The molecule has 0 N–H and O–H groups in total. The second kappa shape index (κ2) is 3.54. The molecular formula is C10H16ClN3. The first kappa shape index (κ1) is 9.97. The van der Waals surface area contributed by atoms with Crippen LogP contribution in [-0.4, -0.2) is 14.8 Å². The Morgan fingerprint density at radius 2 is 2.14 bits per heavy atom. The zero-order valence-corrected chi connectivity index (χ0v) is 9.51. The second-order valence-electron chi connectivity index (χ2n) is 4.32. The van der Waals surface area contributed by atoms with E-state index in [1.165, 1.54) is 19.3 Å². The van der Waals surface area contributed by atoms with Crippen LogP contribution in [0.4, 0.5) is 0 Å². The Bertz CT molecular complexity index is 328. The molecule has 0 radical (unpaired) electrons. The first-order valence-corrected chi connectivity index (χ1v) is 5.65. The maximum atomic E-state index is 6.07. The van der Waals surface area contributed by atoms with E-state index in [1.54, 1.807) is 0 Å². The van der Waals surface area contributed by atoms with Crippen LogP contribution in [0.2, 0.25) is 5.28 Å². The third-order valence-corrected chi connectivity index (χ3v) is 3.38. The first-order valence-electron chi connectivity index (χ1n) is 5.27. The molecule has 1 aliphatic rings. The smallest absolute Gasteiger partial charge is 0.225 e. The summed E-state index contributed by atoms with van der Waals surface area (Å²) in [6.07, 6.45) is 5.74. The van der Waals surface area contributed by atoms with E-state index in [4.69, 9.17) is 11.6 Å². The summed E-state index contributed by atoms with van der Waals surface area (Å²) >= 11 is 6.07. The van der Waals surface area contributed by atoms with Crippen molar-refractivity contribution in [3.05, 3.63) is 11.1 Å². The van der Waals surface area contributed by atoms with Gasteiger partial charge in [-0.1, -0.05) is 6.92 Å². The number of aryl methyl sites for hydroxylation is 1. The molecule has 0 spiro atoms. The fourth-order valence-corrected chi connectivity index (χ4v) is 2.47. The van der Waals surface area contributed by atoms with Crippen molar-refractivity contribution in [1.82, 2.24) is 14.8 Å². The number of nitrogens with zero attached hydrogens (tertiary/aromatic N) is 3. The zero-order valence-electron chi connectivity index (χ0n) is 8.76. The fourth-order valence-electron chi connectivity index (χ4n) is 2.13. The average Bonchev–Trinajstić information content (AvgIpc) is 2.45. The van der Waals surface area contributed by atoms with Crippen LogP contribution in [0.3, 0.4) is 0 Å². The van der Waals surface area contributed by atoms with Gasteiger partial charge in [-0.2, -0.15) is 0 Å². The van der Waals surface area contributed by atoms with Crippen molar-refractivity contribution >= 4 is 11.6 Å². The van der Waals surface area contributed by atoms with Gasteiger partial charge in [0.25, 0.3) is 0 Å². The average molecular weight is 214 g/mol. The third-order valence-electron chi connectivity index (χ3n) is 3.13. The minimum absolute atomic E-state index is 0.186. The van der Waals surface area contributed by atoms with Crippen LogP contribution in [0, 0.1) is 0 Å². The molecule has 0 atom stereocenters. The summed E-state index contributed by atoms with van der Waals surface area (Å²) in [6.45, 7) is 4.39. The van der Waals surface area contributed by atoms with Gasteiger partial charge in [0.05, 0.1) is 0 Å². The van der Waals surface area contributed by atoms with Gasteiger partial charge in [-0.25, -0.2) is 0 Å². The molecule has 1 saturated carbocycles. The lowest BCUT2D eigenvalue weighted by atomic mass is 9.78. The van der Waals surface area contributed by atoms with Gasteiger partial charge in [-0.3, -0.25) is 4.57 Å². The number of hydrogen-bond donors (Lipinski definition) is 0. The Morgan fingerprint density at radius 1 is 1.43 bits per heavy atom. The Balaban J connectivity index is 2.34. The van der Waals surface area contributed by atoms with E-state index in [9.17, 15) is 0 Å². The third kappa shape index (κ3) is 1.44. The highest BCUT2D eigenvalue weighted by Gasteiger charge is 2.37. The van der Waals surface area contributed by atoms with Crippen molar-refractivity contribution in [2.24, 2.45) is 0 Å². The Kier molecular flexibility index (Phi) is 2.52. The van der Waals surface area contributed by atoms with E-state index in [1.807, 2.05) is 0 Å². The molecular weight excluding hydrogens is 198 g/mol. The van der Waals surface area contributed by atoms with Crippen molar-refractivity contribution in [1.29, 1.82) is 0 Å². The van der Waals surface area contributed by atoms with Crippen LogP contribution < -0.4 is 0 Å². The molecule has 0 amide bonds. The van der Waals surface area contributed by atoms with Gasteiger partial charge in [0.2, 0.25) is 5.28 Å². The van der Waals surface area contributed by atoms with Crippen molar-refractivity contribution in [2.45, 2.75) is 51.5 Å². The molecule has 0 unspecified atom stereocenters. The van der Waals surface area contributed by atoms with Crippen molar-refractivity contribution in [2.75, 3.05) is 0 Å². The zero-order chi connectivity index (χ0) is 10.2. The maximum Gasteiger partial charge on any atom is 0.225 e. The molecule has 2 rings (SSSR count). The summed E-state index contributed by atoms with van der Waals surface area (Å²) in [4.78, 5) is 0. The molecule has 1 heterocycles. The Labute approximate surface area is 89.5 Å². The van der Waals surface area contributed by atoms with E-state index in [0.29, 0.717) is 5.28 Å². The van der Waals surface area contributed by atoms with Crippen LogP contribution in [0.1, 0.15) is 45.4 Å². The highest BCUT2D eigenvalue weighted by Crippen LogP contribution is 2.41. The number of rotatable bonds is 3. The molecule has 78 valence electrons. The summed E-state index contributed by atoms with van der Waals surface area (Å²) in [5.41, 5.74) is 0.186. The van der Waals surface area contributed by atoms with Gasteiger partial charge in [0, 0.05) is 12.0 Å². The Morgan fingerprint density at radius 3 is 2.64 bits per heavy atom. The summed E-state index contributed by atoms with van der Waals surface area (Å²) in [5, 5.41) is 8.65. The predicted molar refractivity (Wildman–Crippen MR) is 56.5 cm³/mol. The highest BCUT2D eigenvalue weighted by atomic mass is 35.5. The Hall–Kier alpha value is -0.570. The summed E-state index contributed by atoms with van der Waals surface area (Å²) < 4.78 is 2.13. The highest BCUT2D eigenvalue weighted by molar-refractivity contribution is 6.28. The van der Waals surface area contributed by atoms with Gasteiger partial charge in [-0.15, -0.1) is 10.2 Å². The van der Waals surface area contributed by atoms with Crippen molar-refractivity contribution in [3.8, 4) is 0 Å². The largest absolute Gasteiger partial charge is 0.296 e. The van der Waals surface area contributed by atoms with Crippen LogP contribution >= 0.6 is 11.6 Å². The van der Waals surface area contributed by atoms with Gasteiger partial charge in [-0.05, 0) is 44.2 Å². The van der Waals surface area contributed by atoms with Gasteiger partial charge in [0.15, 0.2) is 0 Å². The van der Waals surface area contributed by atoms with Gasteiger partial charge < -0.3 is 0 Å². The molecule has 14 heavy (non-hydrogen) atoms. The topological polar surface area (TPSA) is 30.7 Å². The molecule has 4 heteroatoms. The molecule has 0 bridgehead atoms. The lowest BCUT2D eigenvalue weighted by Crippen LogP contribution is -2.38. The molecule has 1 aromatic heterocycles. The predicted octanol–water partition coefficient (Wildman–Crippen LogP) is 2.78. The van der Waals surface area contributed by atoms with Crippen LogP contribution in [0.5, 0.6) is 0 Å². The van der Waals surface area contributed by atoms with E-state index in [0.717, 1.165) is 18.7 Å². The van der Waals surface area contributed by atoms with Crippen molar-refractivity contribution in [3.63, 3.8) is 0 Å². The van der Waals surface area contributed by atoms with Gasteiger partial charge >= 0.3 is 0 Å². The van der Waals surface area contributed by atoms with Gasteiger partial charge in [0.1, 0.15) is 5.82 Å². The quantitative estimate of drug-likeness (QED) is 0.773. The minimum Gasteiger partial charge on any atom is -0.296 e. The molecule has 3 nitrogen and oxygen atoms in total. The van der Waals surface area contributed by atoms with Crippen LogP contribution in [0.15, 0.2) is 0 Å². The first-order chi connectivity index (χ1) is 6.67. The SMILES string of the molecule is CCCc1nnc(Cl)n1C1(C)CCC1. The maximum absolute atomic E-state index is 6.07. The van der Waals surface area contributed by atoms with E-state index in [2.05, 4.69) is 28.6 Å². The summed E-state index contributed by atoms with van der Waals surface area (Å²) in [6, 6.07) is 0.